The Bertz CT molecular complexity index is 13.5. The summed E-state index contributed by atoms with van der Waals surface area (Å²) in [5.74, 6) is 0. The van der Waals surface area contributed by atoms with Crippen LogP contribution in [0.15, 0.2) is 4.52 Å². The van der Waals surface area contributed by atoms with Gasteiger partial charge in [0.05, 0.1) is 0 Å². The Morgan fingerprint density at radius 2 is 1.75 bits per heavy atom. The van der Waals surface area contributed by atoms with Crippen molar-refractivity contribution in [3.8, 4) is 0 Å². The number of rotatable bonds is 0. The van der Waals surface area contributed by atoms with Gasteiger partial charge in [0.25, 0.3) is 0 Å². The Labute approximate surface area is 47.1 Å². The minimum Gasteiger partial charge on any atom is -0.255 e. The molecule has 0 aromatic carbocycles. The van der Waals surface area contributed by atoms with Crippen molar-refractivity contribution in [3.05, 3.63) is 0 Å². The van der Waals surface area contributed by atoms with E-state index < -0.39 is 0 Å². The molecule has 1 unspecified atom stereocenters. The highest BCUT2D eigenvalue weighted by molar-refractivity contribution is 14.0. The minimum absolute atomic E-state index is 0. The van der Waals surface area contributed by atoms with Gasteiger partial charge in [0.15, 0.2) is 0 Å². The van der Waals surface area contributed by atoms with E-state index in [2.05, 4.69) is 22.9 Å². The van der Waals surface area contributed by atoms with E-state index in [0.717, 1.165) is 0 Å². The molecule has 4 heteroatoms. The van der Waals surface area contributed by atoms with E-state index in [-0.39, 0.29) is 24.0 Å². The van der Waals surface area contributed by atoms with Crippen LogP contribution in [0.1, 0.15) is 0 Å². The molecular formula is H4INP2. The number of hydrogen-bond acceptors (Lipinski definition) is 1. The molecule has 0 spiro atoms. The Morgan fingerprint density at radius 1 is 1.75 bits per heavy atom. The van der Waals surface area contributed by atoms with Gasteiger partial charge in [-0.15, -0.1) is 24.0 Å². The van der Waals surface area contributed by atoms with Gasteiger partial charge in [-0.05, 0) is 18.4 Å². The summed E-state index contributed by atoms with van der Waals surface area (Å²) in [6.45, 7) is 0. The molecule has 0 heterocycles. The van der Waals surface area contributed by atoms with Crippen LogP contribution in [0.4, 0.5) is 0 Å². The third kappa shape index (κ3) is 10.5. The first-order valence-electron chi connectivity index (χ1n) is 0.482. The Balaban J connectivity index is 0. The molecule has 0 radical (unpaired) electrons. The van der Waals surface area contributed by atoms with Gasteiger partial charge < -0.3 is 0 Å². The lowest BCUT2D eigenvalue weighted by molar-refractivity contribution is 2.12. The maximum absolute atomic E-state index is 3.22. The molecule has 0 aliphatic heterocycles. The molecule has 0 fully saturated rings. The van der Waals surface area contributed by atoms with E-state index in [9.17, 15) is 0 Å². The van der Waals surface area contributed by atoms with Crippen molar-refractivity contribution in [1.82, 2.24) is 0 Å². The second kappa shape index (κ2) is 8.86. The lowest BCUT2D eigenvalue weighted by atomic mass is 13.9. The van der Waals surface area contributed by atoms with Crippen molar-refractivity contribution in [2.45, 2.75) is 0 Å². The molecule has 0 saturated carbocycles. The molecule has 1 atom stereocenters. The van der Waals surface area contributed by atoms with Crippen molar-refractivity contribution < 1.29 is 0 Å². The summed E-state index contributed by atoms with van der Waals surface area (Å²) in [6, 6.07) is 0. The zero-order valence-electron chi connectivity index (χ0n) is 1.93. The van der Waals surface area contributed by atoms with E-state index in [1.54, 1.807) is 0 Å². The third-order valence-corrected chi connectivity index (χ3v) is 0. The van der Waals surface area contributed by atoms with Gasteiger partial charge in [0.2, 0.25) is 0 Å². The molecule has 4 heavy (non-hydrogen) atoms. The lowest BCUT2D eigenvalue weighted by Gasteiger charge is -1.36. The molecule has 0 aromatic rings. The fourth-order valence-electron chi connectivity index (χ4n) is 0. The first-order valence-corrected chi connectivity index (χ1v) is 1.45. The molecule has 0 bridgehead atoms. The first-order chi connectivity index (χ1) is 1.41. The molecule has 0 saturated heterocycles. The molecule has 0 N–H and O–H groups in total. The second-order valence-corrected chi connectivity index (χ2v) is 1.16. The van der Waals surface area contributed by atoms with Crippen molar-refractivity contribution in [2.24, 2.45) is 4.52 Å². The maximum Gasteiger partial charge on any atom is -0.00890 e. The summed E-state index contributed by atoms with van der Waals surface area (Å²) < 4.78 is 3.22. The van der Waals surface area contributed by atoms with Crippen LogP contribution in [0.2, 0.25) is 0 Å². The molecule has 0 aliphatic carbocycles. The predicted molar refractivity (Wildman–Crippen MR) is 35.9 cm³/mol. The minimum atomic E-state index is 0. The number of hydrogen-bond donors (Lipinski definition) is 0. The SMILES string of the molecule is I.P=NP. The molecule has 0 amide bonds. The quantitative estimate of drug-likeness (QED) is 0.423. The topological polar surface area (TPSA) is 12.4 Å². The summed E-state index contributed by atoms with van der Waals surface area (Å²) >= 11 is 0. The fraction of sp³-hybridized carbons (Fsp3) is 0. The summed E-state index contributed by atoms with van der Waals surface area (Å²) in [7, 11) is 4.89. The van der Waals surface area contributed by atoms with E-state index in [0.29, 0.717) is 0 Å². The van der Waals surface area contributed by atoms with Gasteiger partial charge in [0, 0.05) is 0 Å². The van der Waals surface area contributed by atoms with Gasteiger partial charge in [-0.3, -0.25) is 4.52 Å². The van der Waals surface area contributed by atoms with E-state index >= 15 is 0 Å². The van der Waals surface area contributed by atoms with Crippen LogP contribution in [0.25, 0.3) is 0 Å². The normalized spacial score (nSPS) is 3.25. The molecule has 0 rings (SSSR count). The van der Waals surface area contributed by atoms with Crippen LogP contribution in [0.5, 0.6) is 0 Å². The van der Waals surface area contributed by atoms with Crippen LogP contribution in [-0.4, -0.2) is 0 Å². The number of nitrogens with zero attached hydrogens (tertiary/aromatic N) is 1. The van der Waals surface area contributed by atoms with Gasteiger partial charge in [-0.25, -0.2) is 0 Å². The van der Waals surface area contributed by atoms with Crippen LogP contribution in [-0.2, 0) is 0 Å². The lowest BCUT2D eigenvalue weighted by Crippen LogP contribution is -0.748. The monoisotopic (exact) mass is 207 g/mol. The molecule has 0 aliphatic rings. The van der Waals surface area contributed by atoms with Crippen LogP contribution in [0, 0.1) is 0 Å². The van der Waals surface area contributed by atoms with Gasteiger partial charge in [-0.1, -0.05) is 0 Å². The van der Waals surface area contributed by atoms with Gasteiger partial charge in [0.1, 0.15) is 0 Å². The largest absolute Gasteiger partial charge is 0.255 e. The average molecular weight is 207 g/mol. The van der Waals surface area contributed by atoms with Gasteiger partial charge in [-0.2, -0.15) is 0 Å². The molecule has 1 nitrogen and oxygen atoms in total. The maximum atomic E-state index is 3.22. The van der Waals surface area contributed by atoms with Crippen LogP contribution in [0.3, 0.4) is 0 Å². The standard InChI is InChI=1S/HI.H3NP2/c;2-1-3/h1H;2H,3H2. The average Bonchev–Trinajstić information content (AvgIpc) is 0.918. The zero-order valence-corrected chi connectivity index (χ0v) is 6.42. The van der Waals surface area contributed by atoms with E-state index in [4.69, 9.17) is 0 Å². The summed E-state index contributed by atoms with van der Waals surface area (Å²) in [5.41, 5.74) is 0. The van der Waals surface area contributed by atoms with Crippen LogP contribution < -0.4 is 0 Å². The summed E-state index contributed by atoms with van der Waals surface area (Å²) in [4.78, 5) is 0. The van der Waals surface area contributed by atoms with Crippen molar-refractivity contribution in [2.75, 3.05) is 0 Å². The first kappa shape index (κ1) is 8.98. The van der Waals surface area contributed by atoms with Crippen molar-refractivity contribution >= 4 is 42.4 Å². The molecular weight excluding hydrogens is 203 g/mol. The smallest absolute Gasteiger partial charge is 0.00890 e. The zero-order chi connectivity index (χ0) is 2.71. The summed E-state index contributed by atoms with van der Waals surface area (Å²) in [5, 5.41) is 0. The third-order valence-electron chi connectivity index (χ3n) is 0. The second-order valence-electron chi connectivity index (χ2n) is 0.129. The highest BCUT2D eigenvalue weighted by atomic mass is 127. The fourth-order valence-corrected chi connectivity index (χ4v) is 0. The van der Waals surface area contributed by atoms with Crippen molar-refractivity contribution in [3.63, 3.8) is 0 Å². The highest BCUT2D eigenvalue weighted by Crippen LogP contribution is 1.79. The molecule has 0 aromatic heterocycles. The van der Waals surface area contributed by atoms with Crippen LogP contribution >= 0.6 is 42.4 Å². The summed E-state index contributed by atoms with van der Waals surface area (Å²) in [6.07, 6.45) is 0. The number of halogens is 1. The molecule has 26 valence electrons. The Kier molecular flexibility index (Phi) is 19.9. The Hall–Kier alpha value is 1.26. The van der Waals surface area contributed by atoms with Gasteiger partial charge >= 0.3 is 0 Å². The van der Waals surface area contributed by atoms with Crippen molar-refractivity contribution in [1.29, 1.82) is 0 Å². The van der Waals surface area contributed by atoms with E-state index in [1.165, 1.54) is 0 Å². The highest BCUT2D eigenvalue weighted by Gasteiger charge is 1.10. The Morgan fingerprint density at radius 3 is 1.75 bits per heavy atom. The predicted octanol–water partition coefficient (Wildman–Crippen LogP) is 1.72. The van der Waals surface area contributed by atoms with E-state index in [1.807, 2.05) is 0 Å².